The van der Waals surface area contributed by atoms with Crippen LogP contribution in [0.25, 0.3) is 10.9 Å². The van der Waals surface area contributed by atoms with E-state index in [0.717, 1.165) is 16.5 Å². The van der Waals surface area contributed by atoms with Gasteiger partial charge in [0.15, 0.2) is 0 Å². The SMILES string of the molecule is CC(C)C(NC(=O)C(NC(=O)C(Cc1c[nH]c2ccccc12)NC(=O)C(N)CCC(N)=O)C(C)C)C(=O)O. The Morgan fingerprint density at radius 3 is 2.08 bits per heavy atom. The molecule has 0 saturated carbocycles. The lowest BCUT2D eigenvalue weighted by atomic mass is 9.98. The van der Waals surface area contributed by atoms with Crippen molar-refractivity contribution in [1.29, 1.82) is 0 Å². The van der Waals surface area contributed by atoms with Crippen LogP contribution in [0.4, 0.5) is 0 Å². The summed E-state index contributed by atoms with van der Waals surface area (Å²) < 4.78 is 0. The van der Waals surface area contributed by atoms with E-state index < -0.39 is 53.8 Å². The molecule has 0 spiro atoms. The van der Waals surface area contributed by atoms with Gasteiger partial charge in [-0.05, 0) is 29.9 Å². The van der Waals surface area contributed by atoms with Crippen molar-refractivity contribution in [3.63, 3.8) is 0 Å². The molecule has 1 aromatic carbocycles. The molecule has 2 rings (SSSR count). The molecule has 1 aromatic heterocycles. The van der Waals surface area contributed by atoms with E-state index in [1.807, 2.05) is 24.3 Å². The number of hydrogen-bond donors (Lipinski definition) is 7. The molecule has 4 atom stereocenters. The van der Waals surface area contributed by atoms with Gasteiger partial charge in [-0.25, -0.2) is 4.79 Å². The molecule has 2 aromatic rings. The molecule has 4 unspecified atom stereocenters. The number of para-hydroxylation sites is 1. The molecule has 1 heterocycles. The number of aromatic nitrogens is 1. The quantitative estimate of drug-likeness (QED) is 0.180. The van der Waals surface area contributed by atoms with Gasteiger partial charge in [0.1, 0.15) is 18.1 Å². The third-order valence-corrected chi connectivity index (χ3v) is 6.25. The van der Waals surface area contributed by atoms with E-state index >= 15 is 0 Å². The second kappa shape index (κ2) is 13.6. The fourth-order valence-corrected chi connectivity index (χ4v) is 3.98. The first-order chi connectivity index (χ1) is 17.8. The van der Waals surface area contributed by atoms with Crippen molar-refractivity contribution < 1.29 is 29.1 Å². The van der Waals surface area contributed by atoms with Crippen molar-refractivity contribution in [2.45, 2.75) is 71.1 Å². The van der Waals surface area contributed by atoms with Gasteiger partial charge in [-0.2, -0.15) is 0 Å². The highest BCUT2D eigenvalue weighted by Gasteiger charge is 2.33. The van der Waals surface area contributed by atoms with Gasteiger partial charge in [-0.15, -0.1) is 0 Å². The summed E-state index contributed by atoms with van der Waals surface area (Å²) in [4.78, 5) is 65.0. The number of hydrogen-bond acceptors (Lipinski definition) is 6. The molecule has 9 N–H and O–H groups in total. The fraction of sp³-hybridized carbons (Fsp3) is 0.500. The van der Waals surface area contributed by atoms with Crippen LogP contribution < -0.4 is 27.4 Å². The topological polar surface area (TPSA) is 210 Å². The van der Waals surface area contributed by atoms with Gasteiger partial charge in [-0.1, -0.05) is 45.9 Å². The van der Waals surface area contributed by atoms with Crippen molar-refractivity contribution in [2.75, 3.05) is 0 Å². The number of carbonyl (C=O) groups excluding carboxylic acids is 4. The Morgan fingerprint density at radius 2 is 1.50 bits per heavy atom. The first-order valence-electron chi connectivity index (χ1n) is 12.5. The van der Waals surface area contributed by atoms with Crippen LogP contribution in [0.2, 0.25) is 0 Å². The molecule has 0 saturated heterocycles. The summed E-state index contributed by atoms with van der Waals surface area (Å²) in [5.74, 6) is -4.49. The number of benzene rings is 1. The number of carbonyl (C=O) groups is 5. The molecule has 0 radical (unpaired) electrons. The first kappa shape index (κ1) is 30.3. The Morgan fingerprint density at radius 1 is 0.895 bits per heavy atom. The maximum atomic E-state index is 13.5. The lowest BCUT2D eigenvalue weighted by Crippen LogP contribution is -2.59. The third-order valence-electron chi connectivity index (χ3n) is 6.25. The molecular formula is C26H38N6O6. The summed E-state index contributed by atoms with van der Waals surface area (Å²) in [5.41, 5.74) is 12.7. The predicted molar refractivity (Wildman–Crippen MR) is 142 cm³/mol. The highest BCUT2D eigenvalue weighted by molar-refractivity contribution is 5.95. The number of aromatic amines is 1. The molecule has 0 fully saturated rings. The van der Waals surface area contributed by atoms with Crippen LogP contribution in [0.15, 0.2) is 30.5 Å². The maximum Gasteiger partial charge on any atom is 0.326 e. The van der Waals surface area contributed by atoms with Crippen molar-refractivity contribution in [3.05, 3.63) is 36.0 Å². The van der Waals surface area contributed by atoms with E-state index in [1.165, 1.54) is 0 Å². The summed E-state index contributed by atoms with van der Waals surface area (Å²) in [6.07, 6.45) is 1.73. The van der Waals surface area contributed by atoms with Gasteiger partial charge in [0.05, 0.1) is 6.04 Å². The first-order valence-corrected chi connectivity index (χ1v) is 12.5. The number of amides is 4. The van der Waals surface area contributed by atoms with Crippen molar-refractivity contribution in [2.24, 2.45) is 23.3 Å². The summed E-state index contributed by atoms with van der Waals surface area (Å²) in [5, 5.41) is 18.1. The number of carboxylic acids is 1. The number of carboxylic acid groups (broad SMARTS) is 1. The lowest BCUT2D eigenvalue weighted by molar-refractivity contribution is -0.144. The highest BCUT2D eigenvalue weighted by atomic mass is 16.4. The van der Waals surface area contributed by atoms with Crippen LogP contribution in [0, 0.1) is 11.8 Å². The minimum Gasteiger partial charge on any atom is -0.480 e. The summed E-state index contributed by atoms with van der Waals surface area (Å²) in [6, 6.07) is 3.07. The number of nitrogens with two attached hydrogens (primary N) is 2. The van der Waals surface area contributed by atoms with Crippen molar-refractivity contribution >= 4 is 40.5 Å². The van der Waals surface area contributed by atoms with Gasteiger partial charge < -0.3 is 37.5 Å². The number of aliphatic carboxylic acids is 1. The van der Waals surface area contributed by atoms with E-state index in [0.29, 0.717) is 0 Å². The number of rotatable bonds is 14. The number of primary amides is 1. The van der Waals surface area contributed by atoms with Gasteiger partial charge in [0.2, 0.25) is 23.6 Å². The molecule has 12 nitrogen and oxygen atoms in total. The Hall–Kier alpha value is -3.93. The summed E-state index contributed by atoms with van der Waals surface area (Å²) in [7, 11) is 0. The van der Waals surface area contributed by atoms with E-state index in [2.05, 4.69) is 20.9 Å². The van der Waals surface area contributed by atoms with Gasteiger partial charge in [-0.3, -0.25) is 19.2 Å². The predicted octanol–water partition coefficient (Wildman–Crippen LogP) is 0.154. The molecule has 4 amide bonds. The van der Waals surface area contributed by atoms with Crippen molar-refractivity contribution in [3.8, 4) is 0 Å². The maximum absolute atomic E-state index is 13.5. The summed E-state index contributed by atoms with van der Waals surface area (Å²) >= 11 is 0. The number of H-pyrrole nitrogens is 1. The molecule has 38 heavy (non-hydrogen) atoms. The number of nitrogens with one attached hydrogen (secondary N) is 4. The average Bonchev–Trinajstić information content (AvgIpc) is 3.25. The Labute approximate surface area is 221 Å². The lowest BCUT2D eigenvalue weighted by Gasteiger charge is -2.28. The standard InChI is InChI=1S/C26H38N6O6/c1-13(2)21(25(36)32-22(14(3)4)26(37)38)31-24(35)19(30-23(34)17(27)9-10-20(28)33)11-15-12-29-18-8-6-5-7-16(15)18/h5-8,12-14,17,19,21-22,29H,9-11,27H2,1-4H3,(H2,28,33)(H,30,34)(H,31,35)(H,32,36)(H,37,38). The van der Waals surface area contributed by atoms with Crippen LogP contribution >= 0.6 is 0 Å². The number of fused-ring (bicyclic) bond motifs is 1. The Balaban J connectivity index is 2.28. The molecule has 0 aliphatic carbocycles. The van der Waals surface area contributed by atoms with Gasteiger partial charge >= 0.3 is 5.97 Å². The zero-order valence-corrected chi connectivity index (χ0v) is 22.1. The van der Waals surface area contributed by atoms with Gasteiger partial charge in [0.25, 0.3) is 0 Å². The van der Waals surface area contributed by atoms with Gasteiger partial charge in [0, 0.05) is 29.9 Å². The molecule has 0 aliphatic rings. The van der Waals surface area contributed by atoms with E-state index in [1.54, 1.807) is 33.9 Å². The second-order valence-corrected chi connectivity index (χ2v) is 10.0. The van der Waals surface area contributed by atoms with Crippen LogP contribution in [0.3, 0.4) is 0 Å². The van der Waals surface area contributed by atoms with E-state index in [9.17, 15) is 29.1 Å². The van der Waals surface area contributed by atoms with Crippen LogP contribution in [0.1, 0.15) is 46.1 Å². The molecule has 0 bridgehead atoms. The van der Waals surface area contributed by atoms with Crippen molar-refractivity contribution in [1.82, 2.24) is 20.9 Å². The zero-order valence-electron chi connectivity index (χ0n) is 22.1. The minimum atomic E-state index is -1.18. The second-order valence-electron chi connectivity index (χ2n) is 10.0. The Bertz CT molecular complexity index is 1160. The zero-order chi connectivity index (χ0) is 28.6. The Kier molecular flexibility index (Phi) is 10.8. The largest absolute Gasteiger partial charge is 0.480 e. The molecule has 208 valence electrons. The van der Waals surface area contributed by atoms with Crippen LogP contribution in [-0.2, 0) is 30.4 Å². The van der Waals surface area contributed by atoms with Crippen LogP contribution in [0.5, 0.6) is 0 Å². The molecular weight excluding hydrogens is 492 g/mol. The van der Waals surface area contributed by atoms with E-state index in [-0.39, 0.29) is 31.1 Å². The molecule has 0 aliphatic heterocycles. The highest BCUT2D eigenvalue weighted by Crippen LogP contribution is 2.19. The summed E-state index contributed by atoms with van der Waals surface area (Å²) in [6.45, 7) is 6.75. The normalized spacial score (nSPS) is 14.5. The monoisotopic (exact) mass is 530 g/mol. The minimum absolute atomic E-state index is 0.00535. The average molecular weight is 531 g/mol. The molecule has 12 heteroatoms. The van der Waals surface area contributed by atoms with E-state index in [4.69, 9.17) is 11.5 Å². The fourth-order valence-electron chi connectivity index (χ4n) is 3.98. The smallest absolute Gasteiger partial charge is 0.326 e. The van der Waals surface area contributed by atoms with Crippen LogP contribution in [-0.4, -0.2) is 63.9 Å². The third kappa shape index (κ3) is 8.30.